The summed E-state index contributed by atoms with van der Waals surface area (Å²) in [6.07, 6.45) is 4.53. The summed E-state index contributed by atoms with van der Waals surface area (Å²) in [7, 11) is 0. The van der Waals surface area contributed by atoms with Gasteiger partial charge in [0.2, 0.25) is 0 Å². The first-order valence-electron chi connectivity index (χ1n) is 5.22. The maximum atomic E-state index is 5.85. The number of hydrogen-bond acceptors (Lipinski definition) is 3. The van der Waals surface area contributed by atoms with Crippen molar-refractivity contribution >= 4 is 17.4 Å². The molecule has 0 radical (unpaired) electrons. The van der Waals surface area contributed by atoms with Crippen LogP contribution in [0.4, 0.5) is 5.69 Å². The van der Waals surface area contributed by atoms with Gasteiger partial charge in [0.1, 0.15) is 0 Å². The molecule has 2 rings (SSSR count). The van der Waals surface area contributed by atoms with Gasteiger partial charge in [-0.15, -0.1) is 11.8 Å². The molecule has 0 saturated heterocycles. The maximum absolute atomic E-state index is 5.85. The van der Waals surface area contributed by atoms with Gasteiger partial charge in [0, 0.05) is 28.7 Å². The lowest BCUT2D eigenvalue weighted by molar-refractivity contribution is 1.12. The van der Waals surface area contributed by atoms with Crippen LogP contribution in [0.25, 0.3) is 0 Å². The third kappa shape index (κ3) is 3.00. The summed E-state index contributed by atoms with van der Waals surface area (Å²) in [5.41, 5.74) is 7.82. The summed E-state index contributed by atoms with van der Waals surface area (Å²) in [5.74, 6) is 1.03. The second-order valence-electron chi connectivity index (χ2n) is 3.49. The van der Waals surface area contributed by atoms with E-state index in [0.29, 0.717) is 0 Å². The first-order chi connectivity index (χ1) is 7.86. The van der Waals surface area contributed by atoms with Crippen molar-refractivity contribution in [2.75, 3.05) is 11.5 Å². The highest BCUT2D eigenvalue weighted by molar-refractivity contribution is 7.99. The Morgan fingerprint density at radius 1 is 1.12 bits per heavy atom. The minimum Gasteiger partial charge on any atom is -0.398 e. The van der Waals surface area contributed by atoms with Crippen molar-refractivity contribution in [1.82, 2.24) is 4.98 Å². The number of hydrogen-bond donors (Lipinski definition) is 1. The van der Waals surface area contributed by atoms with Gasteiger partial charge in [0.05, 0.1) is 0 Å². The van der Waals surface area contributed by atoms with E-state index in [4.69, 9.17) is 5.73 Å². The van der Waals surface area contributed by atoms with Crippen molar-refractivity contribution in [2.45, 2.75) is 11.3 Å². The van der Waals surface area contributed by atoms with E-state index < -0.39 is 0 Å². The van der Waals surface area contributed by atoms with Crippen molar-refractivity contribution in [3.05, 3.63) is 54.4 Å². The molecule has 82 valence electrons. The second-order valence-corrected chi connectivity index (χ2v) is 4.65. The molecule has 2 aromatic rings. The second kappa shape index (κ2) is 5.56. The Balaban J connectivity index is 1.87. The molecule has 0 aliphatic rings. The molecule has 3 heteroatoms. The molecule has 0 aliphatic heterocycles. The van der Waals surface area contributed by atoms with Crippen LogP contribution in [0.2, 0.25) is 0 Å². The van der Waals surface area contributed by atoms with E-state index in [1.165, 1.54) is 4.90 Å². The number of thioether (sulfide) groups is 1. The highest BCUT2D eigenvalue weighted by Gasteiger charge is 1.99. The quantitative estimate of drug-likeness (QED) is 0.821. The van der Waals surface area contributed by atoms with Gasteiger partial charge in [-0.2, -0.15) is 0 Å². The molecule has 16 heavy (non-hydrogen) atoms. The van der Waals surface area contributed by atoms with E-state index in [9.17, 15) is 0 Å². The fourth-order valence-electron chi connectivity index (χ4n) is 1.44. The van der Waals surface area contributed by atoms with Crippen LogP contribution in [0.15, 0.2) is 53.7 Å². The van der Waals surface area contributed by atoms with Crippen molar-refractivity contribution in [1.29, 1.82) is 0 Å². The van der Waals surface area contributed by atoms with Crippen molar-refractivity contribution in [3.8, 4) is 0 Å². The number of nitrogens with two attached hydrogens (primary N) is 1. The fraction of sp³-hybridized carbons (Fsp3) is 0.154. The highest BCUT2D eigenvalue weighted by Crippen LogP contribution is 2.19. The fourth-order valence-corrected chi connectivity index (χ4v) is 2.35. The number of aryl methyl sites for hydroxylation is 1. The summed E-state index contributed by atoms with van der Waals surface area (Å²) in [6, 6.07) is 12.2. The molecule has 2 nitrogen and oxygen atoms in total. The molecule has 0 spiro atoms. The van der Waals surface area contributed by atoms with Crippen LogP contribution in [0.5, 0.6) is 0 Å². The Hall–Kier alpha value is -1.48. The monoisotopic (exact) mass is 230 g/mol. The summed E-state index contributed by atoms with van der Waals surface area (Å²) in [5, 5.41) is 0. The number of nitrogen functional groups attached to an aromatic ring is 1. The molecule has 1 aromatic heterocycles. The Morgan fingerprint density at radius 2 is 1.94 bits per heavy atom. The van der Waals surface area contributed by atoms with Gasteiger partial charge in [0.15, 0.2) is 0 Å². The predicted octanol–water partition coefficient (Wildman–Crippen LogP) is 3.00. The Kier molecular flexibility index (Phi) is 3.83. The lowest BCUT2D eigenvalue weighted by Gasteiger charge is -2.04. The Bertz CT molecular complexity index is 443. The topological polar surface area (TPSA) is 38.9 Å². The standard InChI is InChI=1S/C13H14N2S/c14-13-6-8-15-10-11(13)7-9-16-12-4-2-1-3-5-12/h1-6,8,10H,7,9H2,(H2,14,15). The van der Waals surface area contributed by atoms with E-state index in [1.54, 1.807) is 6.20 Å². The van der Waals surface area contributed by atoms with Crippen LogP contribution >= 0.6 is 11.8 Å². The third-order valence-corrected chi connectivity index (χ3v) is 3.34. The number of pyridine rings is 1. The number of anilines is 1. The molecule has 0 amide bonds. The minimum absolute atomic E-state index is 0.837. The molecule has 0 fully saturated rings. The van der Waals surface area contributed by atoms with Gasteiger partial charge in [0.25, 0.3) is 0 Å². The van der Waals surface area contributed by atoms with E-state index in [-0.39, 0.29) is 0 Å². The molecule has 0 saturated carbocycles. The summed E-state index contributed by atoms with van der Waals surface area (Å²) in [4.78, 5) is 5.38. The number of benzene rings is 1. The lowest BCUT2D eigenvalue weighted by Crippen LogP contribution is -1.96. The average Bonchev–Trinajstić information content (AvgIpc) is 2.33. The predicted molar refractivity (Wildman–Crippen MR) is 69.5 cm³/mol. The number of rotatable bonds is 4. The van der Waals surface area contributed by atoms with Crippen LogP contribution in [0.1, 0.15) is 5.56 Å². The van der Waals surface area contributed by atoms with E-state index in [1.807, 2.05) is 30.1 Å². The van der Waals surface area contributed by atoms with Crippen molar-refractivity contribution < 1.29 is 0 Å². The van der Waals surface area contributed by atoms with E-state index in [2.05, 4.69) is 29.2 Å². The summed E-state index contributed by atoms with van der Waals surface area (Å²) in [6.45, 7) is 0. The maximum Gasteiger partial charge on any atom is 0.0377 e. The molecule has 0 aliphatic carbocycles. The zero-order valence-corrected chi connectivity index (χ0v) is 9.78. The summed E-state index contributed by atoms with van der Waals surface area (Å²) < 4.78 is 0. The smallest absolute Gasteiger partial charge is 0.0377 e. The number of nitrogens with zero attached hydrogens (tertiary/aromatic N) is 1. The minimum atomic E-state index is 0.837. The van der Waals surface area contributed by atoms with Crippen LogP contribution in [-0.2, 0) is 6.42 Å². The zero-order chi connectivity index (χ0) is 11.2. The third-order valence-electron chi connectivity index (χ3n) is 2.32. The molecule has 0 bridgehead atoms. The Labute approximate surface area is 99.9 Å². The average molecular weight is 230 g/mol. The molecule has 0 atom stereocenters. The van der Waals surface area contributed by atoms with Crippen LogP contribution < -0.4 is 5.73 Å². The molecule has 1 aromatic carbocycles. The lowest BCUT2D eigenvalue weighted by atomic mass is 10.2. The molecule has 1 heterocycles. The summed E-state index contributed by atoms with van der Waals surface area (Å²) >= 11 is 1.84. The zero-order valence-electron chi connectivity index (χ0n) is 8.97. The molecular weight excluding hydrogens is 216 g/mol. The van der Waals surface area contributed by atoms with Gasteiger partial charge in [-0.25, -0.2) is 0 Å². The van der Waals surface area contributed by atoms with Gasteiger partial charge >= 0.3 is 0 Å². The first-order valence-corrected chi connectivity index (χ1v) is 6.21. The van der Waals surface area contributed by atoms with Gasteiger partial charge in [-0.1, -0.05) is 18.2 Å². The van der Waals surface area contributed by atoms with E-state index >= 15 is 0 Å². The molecule has 2 N–H and O–H groups in total. The van der Waals surface area contributed by atoms with Crippen LogP contribution in [0, 0.1) is 0 Å². The van der Waals surface area contributed by atoms with Crippen LogP contribution in [0.3, 0.4) is 0 Å². The SMILES string of the molecule is Nc1ccncc1CCSc1ccccc1. The molecule has 0 unspecified atom stereocenters. The van der Waals surface area contributed by atoms with Crippen LogP contribution in [-0.4, -0.2) is 10.7 Å². The van der Waals surface area contributed by atoms with Crippen molar-refractivity contribution in [3.63, 3.8) is 0 Å². The Morgan fingerprint density at radius 3 is 2.69 bits per heavy atom. The van der Waals surface area contributed by atoms with Gasteiger partial charge in [-0.3, -0.25) is 4.98 Å². The van der Waals surface area contributed by atoms with E-state index in [0.717, 1.165) is 23.4 Å². The van der Waals surface area contributed by atoms with Gasteiger partial charge in [-0.05, 0) is 30.2 Å². The van der Waals surface area contributed by atoms with Crippen molar-refractivity contribution in [2.24, 2.45) is 0 Å². The number of aromatic nitrogens is 1. The van der Waals surface area contributed by atoms with Gasteiger partial charge < -0.3 is 5.73 Å². The highest BCUT2D eigenvalue weighted by atomic mass is 32.2. The normalized spacial score (nSPS) is 10.2. The molecular formula is C13H14N2S. The largest absolute Gasteiger partial charge is 0.398 e. The first kappa shape index (κ1) is 11.0.